The molecule has 1 amide bonds. The van der Waals surface area contributed by atoms with E-state index >= 15 is 0 Å². The Kier molecular flexibility index (Phi) is 4.87. The van der Waals surface area contributed by atoms with E-state index in [0.717, 1.165) is 15.8 Å². The third-order valence-electron chi connectivity index (χ3n) is 3.81. The Morgan fingerprint density at radius 2 is 1.91 bits per heavy atom. The zero-order valence-corrected chi connectivity index (χ0v) is 13.0. The standard InChI is InChI=1S/C12H16F3N3O4S/c1-17-6-8(9(16-17)10(13)14)23(21,22)11(15)7-2-4-18(5-3-7)12(19)20/h6-7,10-11H,2-5H2,1H3,(H,19,20). The predicted octanol–water partition coefficient (Wildman–Crippen LogP) is 1.82. The molecule has 0 aliphatic carbocycles. The molecule has 7 nitrogen and oxygen atoms in total. The molecule has 1 unspecified atom stereocenters. The molecular weight excluding hydrogens is 339 g/mol. The van der Waals surface area contributed by atoms with Crippen LogP contribution in [0.5, 0.6) is 0 Å². The van der Waals surface area contributed by atoms with Gasteiger partial charge >= 0.3 is 6.09 Å². The number of alkyl halides is 3. The Bertz CT molecular complexity index is 684. The number of carboxylic acid groups (broad SMARTS) is 1. The summed E-state index contributed by atoms with van der Waals surface area (Å²) < 4.78 is 65.7. The molecule has 0 saturated carbocycles. The average Bonchev–Trinajstić information content (AvgIpc) is 2.89. The summed E-state index contributed by atoms with van der Waals surface area (Å²) in [6.07, 6.45) is -3.42. The SMILES string of the molecule is Cn1cc(S(=O)(=O)C(F)C2CCN(C(=O)O)CC2)c(C(F)F)n1. The first-order chi connectivity index (χ1) is 10.6. The van der Waals surface area contributed by atoms with E-state index in [0.29, 0.717) is 0 Å². The summed E-state index contributed by atoms with van der Waals surface area (Å²) in [5.41, 5.74) is -3.35. The van der Waals surface area contributed by atoms with Crippen LogP contribution >= 0.6 is 0 Å². The highest BCUT2D eigenvalue weighted by atomic mass is 32.2. The summed E-state index contributed by atoms with van der Waals surface area (Å²) in [7, 11) is -3.36. The van der Waals surface area contributed by atoms with Gasteiger partial charge in [-0.25, -0.2) is 26.4 Å². The van der Waals surface area contributed by atoms with Crippen LogP contribution in [0.3, 0.4) is 0 Å². The summed E-state index contributed by atoms with van der Waals surface area (Å²) in [4.78, 5) is 11.0. The summed E-state index contributed by atoms with van der Waals surface area (Å²) in [6, 6.07) is 0. The normalized spacial score (nSPS) is 18.4. The van der Waals surface area contributed by atoms with Crippen LogP contribution in [0.25, 0.3) is 0 Å². The lowest BCUT2D eigenvalue weighted by atomic mass is 9.98. The average molecular weight is 355 g/mol. The monoisotopic (exact) mass is 355 g/mol. The minimum atomic E-state index is -4.63. The molecule has 1 N–H and O–H groups in total. The van der Waals surface area contributed by atoms with E-state index in [9.17, 15) is 26.4 Å². The van der Waals surface area contributed by atoms with E-state index < -0.39 is 44.4 Å². The van der Waals surface area contributed by atoms with Crippen LogP contribution in [-0.2, 0) is 16.9 Å². The number of piperidine rings is 1. The van der Waals surface area contributed by atoms with E-state index in [4.69, 9.17) is 5.11 Å². The van der Waals surface area contributed by atoms with E-state index in [1.54, 1.807) is 0 Å². The molecule has 0 aromatic carbocycles. The maximum Gasteiger partial charge on any atom is 0.407 e. The van der Waals surface area contributed by atoms with Crippen molar-refractivity contribution in [2.45, 2.75) is 29.7 Å². The Morgan fingerprint density at radius 3 is 2.39 bits per heavy atom. The summed E-state index contributed by atoms with van der Waals surface area (Å²) >= 11 is 0. The molecule has 0 radical (unpaired) electrons. The van der Waals surface area contributed by atoms with Gasteiger partial charge < -0.3 is 10.0 Å². The molecule has 2 rings (SSSR count). The van der Waals surface area contributed by atoms with Gasteiger partial charge in [0.15, 0.2) is 0 Å². The van der Waals surface area contributed by atoms with Gasteiger partial charge in [-0.1, -0.05) is 0 Å². The number of halogens is 3. The van der Waals surface area contributed by atoms with Crippen molar-refractivity contribution in [1.82, 2.24) is 14.7 Å². The van der Waals surface area contributed by atoms with Gasteiger partial charge in [0.05, 0.1) is 0 Å². The zero-order chi connectivity index (χ0) is 17.4. The first kappa shape index (κ1) is 17.6. The number of hydrogen-bond acceptors (Lipinski definition) is 4. The number of hydrogen-bond donors (Lipinski definition) is 1. The third kappa shape index (κ3) is 3.43. The van der Waals surface area contributed by atoms with Crippen LogP contribution in [0, 0.1) is 5.92 Å². The summed E-state index contributed by atoms with van der Waals surface area (Å²) in [6.45, 7) is 0.00929. The lowest BCUT2D eigenvalue weighted by molar-refractivity contribution is 0.114. The second-order valence-corrected chi connectivity index (χ2v) is 7.34. The Morgan fingerprint density at radius 1 is 1.35 bits per heavy atom. The van der Waals surface area contributed by atoms with Gasteiger partial charge in [-0.3, -0.25) is 4.68 Å². The largest absolute Gasteiger partial charge is 0.465 e. The predicted molar refractivity (Wildman–Crippen MR) is 72.6 cm³/mol. The highest BCUT2D eigenvalue weighted by Gasteiger charge is 2.40. The van der Waals surface area contributed by atoms with Crippen molar-refractivity contribution in [2.24, 2.45) is 13.0 Å². The number of likely N-dealkylation sites (tertiary alicyclic amines) is 1. The lowest BCUT2D eigenvalue weighted by Crippen LogP contribution is -2.41. The Hall–Kier alpha value is -1.78. The highest BCUT2D eigenvalue weighted by Crippen LogP contribution is 2.33. The molecule has 11 heteroatoms. The Balaban J connectivity index is 2.22. The maximum atomic E-state index is 14.5. The fourth-order valence-electron chi connectivity index (χ4n) is 2.58. The number of amides is 1. The van der Waals surface area contributed by atoms with E-state index in [1.807, 2.05) is 0 Å². The van der Waals surface area contributed by atoms with Gasteiger partial charge in [-0.15, -0.1) is 0 Å². The van der Waals surface area contributed by atoms with Gasteiger partial charge in [-0.05, 0) is 12.8 Å². The van der Waals surface area contributed by atoms with Gasteiger partial charge in [0.1, 0.15) is 10.6 Å². The number of carbonyl (C=O) groups is 1. The molecule has 23 heavy (non-hydrogen) atoms. The minimum Gasteiger partial charge on any atom is -0.465 e. The van der Waals surface area contributed by atoms with Crippen LogP contribution in [-0.4, -0.2) is 52.9 Å². The van der Waals surface area contributed by atoms with Gasteiger partial charge in [0.2, 0.25) is 15.3 Å². The van der Waals surface area contributed by atoms with Crippen molar-refractivity contribution in [3.05, 3.63) is 11.9 Å². The van der Waals surface area contributed by atoms with Crippen LogP contribution in [0.4, 0.5) is 18.0 Å². The molecule has 1 aromatic heterocycles. The number of sulfone groups is 1. The van der Waals surface area contributed by atoms with Gasteiger partial charge in [0.25, 0.3) is 6.43 Å². The zero-order valence-electron chi connectivity index (χ0n) is 12.2. The third-order valence-corrected chi connectivity index (χ3v) is 5.72. The fraction of sp³-hybridized carbons (Fsp3) is 0.667. The van der Waals surface area contributed by atoms with E-state index in [1.165, 1.54) is 7.05 Å². The van der Waals surface area contributed by atoms with Crippen molar-refractivity contribution in [1.29, 1.82) is 0 Å². The quantitative estimate of drug-likeness (QED) is 0.889. The molecule has 1 saturated heterocycles. The van der Waals surface area contributed by atoms with Crippen LogP contribution in [0.15, 0.2) is 11.1 Å². The lowest BCUT2D eigenvalue weighted by Gasteiger charge is -2.31. The smallest absolute Gasteiger partial charge is 0.407 e. The Labute approximate surface area is 130 Å². The van der Waals surface area contributed by atoms with E-state index in [-0.39, 0.29) is 25.9 Å². The van der Waals surface area contributed by atoms with Crippen molar-refractivity contribution < 1.29 is 31.5 Å². The topological polar surface area (TPSA) is 92.5 Å². The molecule has 1 aliphatic heterocycles. The first-order valence-corrected chi connectivity index (χ1v) is 8.36. The molecule has 1 fully saturated rings. The maximum absolute atomic E-state index is 14.5. The van der Waals surface area contributed by atoms with Crippen LogP contribution < -0.4 is 0 Å². The molecule has 130 valence electrons. The fourth-order valence-corrected chi connectivity index (χ4v) is 4.32. The molecular formula is C12H16F3N3O4S. The second kappa shape index (κ2) is 6.38. The van der Waals surface area contributed by atoms with Crippen molar-refractivity contribution in [3.8, 4) is 0 Å². The molecule has 2 heterocycles. The molecule has 0 spiro atoms. The number of aryl methyl sites for hydroxylation is 1. The van der Waals surface area contributed by atoms with Crippen molar-refractivity contribution >= 4 is 15.9 Å². The van der Waals surface area contributed by atoms with Gasteiger partial charge in [-0.2, -0.15) is 5.10 Å². The molecule has 0 bridgehead atoms. The molecule has 1 aromatic rings. The van der Waals surface area contributed by atoms with Crippen LogP contribution in [0.1, 0.15) is 25.0 Å². The molecule has 1 atom stereocenters. The van der Waals surface area contributed by atoms with Crippen molar-refractivity contribution in [3.63, 3.8) is 0 Å². The second-order valence-electron chi connectivity index (χ2n) is 5.36. The number of aromatic nitrogens is 2. The van der Waals surface area contributed by atoms with Crippen LogP contribution in [0.2, 0.25) is 0 Å². The minimum absolute atomic E-state index is 0.00465. The summed E-state index contributed by atoms with van der Waals surface area (Å²) in [5.74, 6) is -0.943. The molecule has 1 aliphatic rings. The number of nitrogens with zero attached hydrogens (tertiary/aromatic N) is 3. The number of rotatable bonds is 4. The van der Waals surface area contributed by atoms with Crippen molar-refractivity contribution in [2.75, 3.05) is 13.1 Å². The van der Waals surface area contributed by atoms with E-state index in [2.05, 4.69) is 5.10 Å². The van der Waals surface area contributed by atoms with Gasteiger partial charge in [0, 0.05) is 32.3 Å². The highest BCUT2D eigenvalue weighted by molar-refractivity contribution is 7.92. The summed E-state index contributed by atoms with van der Waals surface area (Å²) in [5, 5.41) is 12.2. The first-order valence-electron chi connectivity index (χ1n) is 6.82.